The number of hydrogen-bond donors (Lipinski definition) is 0. The molecule has 0 nitrogen and oxygen atoms in total. The molecule has 0 saturated heterocycles. The highest BCUT2D eigenvalue weighted by Gasteiger charge is 2.08. The highest BCUT2D eigenvalue weighted by atomic mass is 79.9. The Morgan fingerprint density at radius 3 is 1.89 bits per heavy atom. The van der Waals surface area contributed by atoms with Crippen LogP contribution in [-0.2, 0) is 0 Å². The summed E-state index contributed by atoms with van der Waals surface area (Å²) in [6.07, 6.45) is 4.95. The van der Waals surface area contributed by atoms with Crippen molar-refractivity contribution in [2.75, 3.05) is 0 Å². The first-order valence-electron chi connectivity index (χ1n) is 8.66. The molecule has 0 spiro atoms. The molecule has 0 bridgehead atoms. The van der Waals surface area contributed by atoms with Crippen LogP contribution in [0.2, 0.25) is 0 Å². The maximum atomic E-state index is 3.68. The van der Waals surface area contributed by atoms with E-state index in [0.29, 0.717) is 0 Å². The van der Waals surface area contributed by atoms with Crippen LogP contribution < -0.4 is 0 Å². The molecular formula is C25H18Br2. The summed E-state index contributed by atoms with van der Waals surface area (Å²) in [5.74, 6) is 13.2. The van der Waals surface area contributed by atoms with Crippen molar-refractivity contribution in [2.24, 2.45) is 0 Å². The molecule has 2 heteroatoms. The minimum absolute atomic E-state index is 0.782. The molecule has 27 heavy (non-hydrogen) atoms. The Labute approximate surface area is 178 Å². The summed E-state index contributed by atoms with van der Waals surface area (Å²) in [4.78, 5) is 0. The van der Waals surface area contributed by atoms with Gasteiger partial charge in [0, 0.05) is 31.2 Å². The average molecular weight is 478 g/mol. The molecule has 0 aliphatic heterocycles. The van der Waals surface area contributed by atoms with E-state index in [-0.39, 0.29) is 0 Å². The van der Waals surface area contributed by atoms with Crippen molar-refractivity contribution in [2.45, 2.75) is 20.3 Å². The second kappa shape index (κ2) is 9.09. The summed E-state index contributed by atoms with van der Waals surface area (Å²) >= 11 is 7.33. The molecule has 0 atom stereocenters. The van der Waals surface area contributed by atoms with Gasteiger partial charge in [0.2, 0.25) is 0 Å². The van der Waals surface area contributed by atoms with Crippen molar-refractivity contribution in [1.82, 2.24) is 0 Å². The van der Waals surface area contributed by atoms with Gasteiger partial charge in [-0.25, -0.2) is 0 Å². The van der Waals surface area contributed by atoms with Crippen molar-refractivity contribution in [3.05, 3.63) is 103 Å². The summed E-state index contributed by atoms with van der Waals surface area (Å²) < 4.78 is 2.06. The zero-order valence-corrected chi connectivity index (χ0v) is 18.4. The van der Waals surface area contributed by atoms with Crippen LogP contribution in [-0.4, -0.2) is 0 Å². The van der Waals surface area contributed by atoms with Gasteiger partial charge in [-0.3, -0.25) is 0 Å². The van der Waals surface area contributed by atoms with Crippen LogP contribution in [0.25, 0.3) is 0 Å². The van der Waals surface area contributed by atoms with Crippen LogP contribution >= 0.6 is 31.9 Å². The van der Waals surface area contributed by atoms with E-state index >= 15 is 0 Å². The first kappa shape index (κ1) is 19.5. The third kappa shape index (κ3) is 5.14. The highest BCUT2D eigenvalue weighted by molar-refractivity contribution is 9.12. The smallest absolute Gasteiger partial charge is 0.0400 e. The molecule has 3 rings (SSSR count). The van der Waals surface area contributed by atoms with Crippen LogP contribution in [0.15, 0.2) is 80.8 Å². The lowest BCUT2D eigenvalue weighted by molar-refractivity contribution is 1.36. The molecule has 0 aromatic heterocycles. The Hall–Kier alpha value is -2.26. The van der Waals surface area contributed by atoms with Gasteiger partial charge in [0.25, 0.3) is 0 Å². The third-order valence-electron chi connectivity index (χ3n) is 4.25. The second-order valence-corrected chi connectivity index (χ2v) is 8.07. The molecule has 0 fully saturated rings. The Morgan fingerprint density at radius 1 is 0.741 bits per heavy atom. The SMILES string of the molecule is Cc1ccccc1C#CC1=CC(C#Cc2ccccc2C)=C(Br)CC=C1Br. The van der Waals surface area contributed by atoms with Gasteiger partial charge in [-0.15, -0.1) is 0 Å². The van der Waals surface area contributed by atoms with Gasteiger partial charge in [-0.2, -0.15) is 0 Å². The quantitative estimate of drug-likeness (QED) is 0.359. The fourth-order valence-electron chi connectivity index (χ4n) is 2.59. The fourth-order valence-corrected chi connectivity index (χ4v) is 3.34. The van der Waals surface area contributed by atoms with Crippen molar-refractivity contribution < 1.29 is 0 Å². The molecule has 0 saturated carbocycles. The number of halogens is 2. The van der Waals surface area contributed by atoms with E-state index in [1.165, 1.54) is 11.1 Å². The topological polar surface area (TPSA) is 0 Å². The van der Waals surface area contributed by atoms with E-state index in [1.807, 2.05) is 42.5 Å². The van der Waals surface area contributed by atoms with Gasteiger partial charge in [0.05, 0.1) is 0 Å². The lowest BCUT2D eigenvalue weighted by atomic mass is 10.1. The maximum absolute atomic E-state index is 3.68. The molecule has 0 heterocycles. The number of hydrogen-bond acceptors (Lipinski definition) is 0. The molecule has 1 aliphatic rings. The van der Waals surface area contributed by atoms with E-state index in [4.69, 9.17) is 0 Å². The predicted octanol–water partition coefficient (Wildman–Crippen LogP) is 6.96. The molecule has 1 aliphatic carbocycles. The van der Waals surface area contributed by atoms with E-state index in [2.05, 4.69) is 87.6 Å². The molecule has 0 unspecified atom stereocenters. The van der Waals surface area contributed by atoms with Gasteiger partial charge < -0.3 is 0 Å². The number of allylic oxidation sites excluding steroid dienone is 6. The van der Waals surface area contributed by atoms with Gasteiger partial charge in [0.15, 0.2) is 0 Å². The molecule has 132 valence electrons. The molecule has 0 amide bonds. The van der Waals surface area contributed by atoms with Gasteiger partial charge in [0.1, 0.15) is 0 Å². The van der Waals surface area contributed by atoms with Crippen LogP contribution in [0.4, 0.5) is 0 Å². The van der Waals surface area contributed by atoms with Crippen molar-refractivity contribution >= 4 is 31.9 Å². The van der Waals surface area contributed by atoms with E-state index in [0.717, 1.165) is 37.7 Å². The minimum atomic E-state index is 0.782. The fraction of sp³-hybridized carbons (Fsp3) is 0.120. The number of aryl methyl sites for hydroxylation is 2. The first-order chi connectivity index (χ1) is 13.0. The Balaban J connectivity index is 1.99. The zero-order valence-electron chi connectivity index (χ0n) is 15.2. The van der Waals surface area contributed by atoms with Crippen LogP contribution in [0, 0.1) is 37.5 Å². The van der Waals surface area contributed by atoms with Gasteiger partial charge >= 0.3 is 0 Å². The molecular weight excluding hydrogens is 460 g/mol. The lowest BCUT2D eigenvalue weighted by Gasteiger charge is -1.99. The molecule has 2 aromatic rings. The summed E-state index contributed by atoms with van der Waals surface area (Å²) in [7, 11) is 0. The normalized spacial score (nSPS) is 13.5. The Kier molecular flexibility index (Phi) is 6.57. The Morgan fingerprint density at radius 2 is 1.30 bits per heavy atom. The van der Waals surface area contributed by atoms with Gasteiger partial charge in [-0.05, 0) is 65.5 Å². The van der Waals surface area contributed by atoms with Crippen LogP contribution in [0.3, 0.4) is 0 Å². The van der Waals surface area contributed by atoms with Crippen LogP contribution in [0.1, 0.15) is 28.7 Å². The van der Waals surface area contributed by atoms with E-state index in [9.17, 15) is 0 Å². The number of rotatable bonds is 0. The first-order valence-corrected chi connectivity index (χ1v) is 10.2. The standard InChI is InChI=1S/C25H18Br2/c1-18-7-3-5-9-20(18)11-13-22-17-23(25(27)16-15-24(22)26)14-12-21-10-6-4-8-19(21)2/h3-10,15,17H,16H2,1-2H3. The Bertz CT molecular complexity index is 1090. The summed E-state index contributed by atoms with van der Waals surface area (Å²) in [6.45, 7) is 4.15. The summed E-state index contributed by atoms with van der Waals surface area (Å²) in [5, 5.41) is 0. The third-order valence-corrected chi connectivity index (χ3v) is 5.75. The predicted molar refractivity (Wildman–Crippen MR) is 122 cm³/mol. The minimum Gasteiger partial charge on any atom is -0.0640 e. The highest BCUT2D eigenvalue weighted by Crippen LogP contribution is 2.29. The van der Waals surface area contributed by atoms with Crippen molar-refractivity contribution in [3.63, 3.8) is 0 Å². The van der Waals surface area contributed by atoms with E-state index in [1.54, 1.807) is 0 Å². The molecule has 2 aromatic carbocycles. The molecule has 0 radical (unpaired) electrons. The van der Waals surface area contributed by atoms with Crippen LogP contribution in [0.5, 0.6) is 0 Å². The number of benzene rings is 2. The van der Waals surface area contributed by atoms with Crippen molar-refractivity contribution in [3.8, 4) is 23.7 Å². The largest absolute Gasteiger partial charge is 0.0640 e. The summed E-state index contributed by atoms with van der Waals surface area (Å²) in [6, 6.07) is 16.3. The van der Waals surface area contributed by atoms with E-state index < -0.39 is 0 Å². The second-order valence-electron chi connectivity index (χ2n) is 6.26. The monoisotopic (exact) mass is 476 g/mol. The average Bonchev–Trinajstić information content (AvgIpc) is 2.80. The summed E-state index contributed by atoms with van der Waals surface area (Å²) in [5.41, 5.74) is 6.33. The lowest BCUT2D eigenvalue weighted by Crippen LogP contribution is -1.84. The maximum Gasteiger partial charge on any atom is 0.0400 e. The van der Waals surface area contributed by atoms with Crippen molar-refractivity contribution in [1.29, 1.82) is 0 Å². The zero-order chi connectivity index (χ0) is 19.2. The molecule has 0 N–H and O–H groups in total. The van der Waals surface area contributed by atoms with Gasteiger partial charge in [-0.1, -0.05) is 82.1 Å².